The van der Waals surface area contributed by atoms with E-state index in [0.717, 1.165) is 0 Å². The fourth-order valence-corrected chi connectivity index (χ4v) is 3.52. The highest BCUT2D eigenvalue weighted by Crippen LogP contribution is 2.22. The lowest BCUT2D eigenvalue weighted by Crippen LogP contribution is -2.16. The number of nitro groups is 1. The molecule has 3 aromatic rings. The summed E-state index contributed by atoms with van der Waals surface area (Å²) < 4.78 is 27.3. The van der Waals surface area contributed by atoms with Crippen molar-refractivity contribution in [3.8, 4) is 5.69 Å². The SMILES string of the molecule is CCS(=O)(=O)Nc1ccc(NC(=O)c2nnn(-c3cccc([N+](=O)[O-])c3)c2C)cc1C. The maximum atomic E-state index is 12.7. The van der Waals surface area contributed by atoms with Gasteiger partial charge in [0.05, 0.1) is 27.7 Å². The second kappa shape index (κ2) is 8.52. The van der Waals surface area contributed by atoms with Crippen LogP contribution in [0.1, 0.15) is 28.7 Å². The maximum absolute atomic E-state index is 12.7. The highest BCUT2D eigenvalue weighted by atomic mass is 32.2. The van der Waals surface area contributed by atoms with Crippen molar-refractivity contribution in [2.75, 3.05) is 15.8 Å². The van der Waals surface area contributed by atoms with Crippen LogP contribution in [0.2, 0.25) is 0 Å². The molecule has 0 aliphatic heterocycles. The first-order chi connectivity index (χ1) is 14.6. The van der Waals surface area contributed by atoms with Crippen LogP contribution in [0.25, 0.3) is 5.69 Å². The third-order valence-electron chi connectivity index (χ3n) is 4.52. The van der Waals surface area contributed by atoms with Gasteiger partial charge in [-0.2, -0.15) is 0 Å². The number of aryl methyl sites for hydroxylation is 1. The summed E-state index contributed by atoms with van der Waals surface area (Å²) in [6.07, 6.45) is 0. The van der Waals surface area contributed by atoms with Crippen molar-refractivity contribution >= 4 is 33.0 Å². The van der Waals surface area contributed by atoms with Crippen LogP contribution in [0.4, 0.5) is 17.1 Å². The van der Waals surface area contributed by atoms with Gasteiger partial charge in [0.1, 0.15) is 0 Å². The fourth-order valence-electron chi connectivity index (χ4n) is 2.81. The molecule has 0 spiro atoms. The van der Waals surface area contributed by atoms with Crippen LogP contribution >= 0.6 is 0 Å². The molecular formula is C19H20N6O5S. The Kier molecular flexibility index (Phi) is 6.02. The summed E-state index contributed by atoms with van der Waals surface area (Å²) in [5.41, 5.74) is 2.27. The van der Waals surface area contributed by atoms with Gasteiger partial charge in [0.2, 0.25) is 10.0 Å². The molecule has 162 valence electrons. The lowest BCUT2D eigenvalue weighted by atomic mass is 10.2. The van der Waals surface area contributed by atoms with Crippen molar-refractivity contribution in [2.45, 2.75) is 20.8 Å². The molecule has 0 radical (unpaired) electrons. The van der Waals surface area contributed by atoms with Gasteiger partial charge in [-0.05, 0) is 50.6 Å². The second-order valence-electron chi connectivity index (χ2n) is 6.70. The minimum absolute atomic E-state index is 0.0512. The van der Waals surface area contributed by atoms with Gasteiger partial charge in [0.15, 0.2) is 5.69 Å². The Morgan fingerprint density at radius 2 is 1.94 bits per heavy atom. The molecule has 1 heterocycles. The Labute approximate surface area is 178 Å². The van der Waals surface area contributed by atoms with Gasteiger partial charge in [0, 0.05) is 17.8 Å². The number of sulfonamides is 1. The smallest absolute Gasteiger partial charge is 0.278 e. The first kappa shape index (κ1) is 21.9. The number of carbonyl (C=O) groups excluding carboxylic acids is 1. The molecule has 0 fully saturated rings. The molecule has 0 unspecified atom stereocenters. The summed E-state index contributed by atoms with van der Waals surface area (Å²) in [6.45, 7) is 4.88. The Morgan fingerprint density at radius 3 is 2.58 bits per heavy atom. The molecule has 3 rings (SSSR count). The molecule has 0 saturated heterocycles. The number of nitrogens with one attached hydrogen (secondary N) is 2. The minimum Gasteiger partial charge on any atom is -0.321 e. The number of non-ortho nitro benzene ring substituents is 1. The molecule has 0 atom stereocenters. The molecule has 31 heavy (non-hydrogen) atoms. The second-order valence-corrected chi connectivity index (χ2v) is 8.71. The summed E-state index contributed by atoms with van der Waals surface area (Å²) in [5.74, 6) is -0.569. The number of amides is 1. The Morgan fingerprint density at radius 1 is 1.19 bits per heavy atom. The third-order valence-corrected chi connectivity index (χ3v) is 5.82. The molecule has 0 bridgehead atoms. The number of carbonyl (C=O) groups is 1. The zero-order valence-corrected chi connectivity index (χ0v) is 17.8. The first-order valence-electron chi connectivity index (χ1n) is 9.21. The number of nitro benzene ring substituents is 1. The lowest BCUT2D eigenvalue weighted by molar-refractivity contribution is -0.384. The molecule has 2 N–H and O–H groups in total. The zero-order valence-electron chi connectivity index (χ0n) is 17.0. The van der Waals surface area contributed by atoms with Gasteiger partial charge >= 0.3 is 0 Å². The summed E-state index contributed by atoms with van der Waals surface area (Å²) in [4.78, 5) is 23.2. The zero-order chi connectivity index (χ0) is 22.8. The molecular weight excluding hydrogens is 424 g/mol. The van der Waals surface area contributed by atoms with Crippen LogP contribution in [-0.4, -0.2) is 40.0 Å². The predicted octanol–water partition coefficient (Wildman–Crippen LogP) is 2.81. The van der Waals surface area contributed by atoms with E-state index in [-0.39, 0.29) is 17.1 Å². The van der Waals surface area contributed by atoms with Gasteiger partial charge in [-0.1, -0.05) is 11.3 Å². The van der Waals surface area contributed by atoms with E-state index in [2.05, 4.69) is 20.4 Å². The molecule has 0 saturated carbocycles. The van der Waals surface area contributed by atoms with Gasteiger partial charge in [0.25, 0.3) is 11.6 Å². The predicted molar refractivity (Wildman–Crippen MR) is 115 cm³/mol. The van der Waals surface area contributed by atoms with Crippen molar-refractivity contribution in [1.29, 1.82) is 0 Å². The Balaban J connectivity index is 1.81. The molecule has 1 amide bonds. The average Bonchev–Trinajstić information content (AvgIpc) is 3.11. The van der Waals surface area contributed by atoms with Crippen LogP contribution < -0.4 is 10.0 Å². The molecule has 12 heteroatoms. The molecule has 11 nitrogen and oxygen atoms in total. The van der Waals surface area contributed by atoms with Crippen LogP contribution in [-0.2, 0) is 10.0 Å². The monoisotopic (exact) mass is 444 g/mol. The summed E-state index contributed by atoms with van der Waals surface area (Å²) in [6, 6.07) is 10.6. The summed E-state index contributed by atoms with van der Waals surface area (Å²) >= 11 is 0. The van der Waals surface area contributed by atoms with E-state index in [4.69, 9.17) is 0 Å². The Hall–Kier alpha value is -3.80. The number of anilines is 2. The Bertz CT molecular complexity index is 1270. The first-order valence-corrected chi connectivity index (χ1v) is 10.9. The van der Waals surface area contributed by atoms with Gasteiger partial charge in [-0.3, -0.25) is 19.6 Å². The summed E-state index contributed by atoms with van der Waals surface area (Å²) in [5, 5.41) is 21.5. The molecule has 1 aromatic heterocycles. The fraction of sp³-hybridized carbons (Fsp3) is 0.211. The number of hydrogen-bond acceptors (Lipinski definition) is 7. The van der Waals surface area contributed by atoms with Crippen molar-refractivity contribution in [3.05, 3.63) is 69.5 Å². The van der Waals surface area contributed by atoms with Crippen molar-refractivity contribution < 1.29 is 18.1 Å². The van der Waals surface area contributed by atoms with Crippen molar-refractivity contribution in [1.82, 2.24) is 15.0 Å². The summed E-state index contributed by atoms with van der Waals surface area (Å²) in [7, 11) is -3.41. The van der Waals surface area contributed by atoms with E-state index in [1.54, 1.807) is 38.1 Å². The number of benzene rings is 2. The van der Waals surface area contributed by atoms with Crippen molar-refractivity contribution in [2.24, 2.45) is 0 Å². The van der Waals surface area contributed by atoms with Crippen LogP contribution in [0, 0.1) is 24.0 Å². The number of aromatic nitrogens is 3. The van der Waals surface area contributed by atoms with Gasteiger partial charge < -0.3 is 5.32 Å². The number of hydrogen-bond donors (Lipinski definition) is 2. The average molecular weight is 444 g/mol. The highest BCUT2D eigenvalue weighted by Gasteiger charge is 2.19. The minimum atomic E-state index is -3.41. The van der Waals surface area contributed by atoms with E-state index in [1.165, 1.54) is 29.8 Å². The van der Waals surface area contributed by atoms with Crippen LogP contribution in [0.5, 0.6) is 0 Å². The largest absolute Gasteiger partial charge is 0.321 e. The van der Waals surface area contributed by atoms with Crippen LogP contribution in [0.3, 0.4) is 0 Å². The van der Waals surface area contributed by atoms with E-state index in [9.17, 15) is 23.3 Å². The van der Waals surface area contributed by atoms with Crippen LogP contribution in [0.15, 0.2) is 42.5 Å². The standard InChI is InChI=1S/C19H20N6O5S/c1-4-31(29,30)22-17-9-8-14(10-12(17)2)20-19(26)18-13(3)24(23-21-18)15-6-5-7-16(11-15)25(27)28/h5-11,22H,4H2,1-3H3,(H,20,26). The van der Waals surface area contributed by atoms with E-state index < -0.39 is 20.9 Å². The number of rotatable bonds is 7. The van der Waals surface area contributed by atoms with E-state index in [0.29, 0.717) is 28.3 Å². The molecule has 2 aromatic carbocycles. The maximum Gasteiger partial charge on any atom is 0.278 e. The number of nitrogens with zero attached hydrogens (tertiary/aromatic N) is 4. The van der Waals surface area contributed by atoms with E-state index in [1.807, 2.05) is 0 Å². The highest BCUT2D eigenvalue weighted by molar-refractivity contribution is 7.92. The van der Waals surface area contributed by atoms with Gasteiger partial charge in [-0.15, -0.1) is 5.10 Å². The normalized spacial score (nSPS) is 11.2. The topological polar surface area (TPSA) is 149 Å². The van der Waals surface area contributed by atoms with Gasteiger partial charge in [-0.25, -0.2) is 13.1 Å². The lowest BCUT2D eigenvalue weighted by Gasteiger charge is -2.11. The van der Waals surface area contributed by atoms with E-state index >= 15 is 0 Å². The van der Waals surface area contributed by atoms with Crippen molar-refractivity contribution in [3.63, 3.8) is 0 Å². The molecule has 0 aliphatic rings. The third kappa shape index (κ3) is 4.86. The quantitative estimate of drug-likeness (QED) is 0.420. The molecule has 0 aliphatic carbocycles.